The summed E-state index contributed by atoms with van der Waals surface area (Å²) in [5, 5.41) is 0. The standard InChI is InChI=1S/C12H13NO2/c1-11(9-14)6-4-2-3-5-7-12-8-13-10-15-12/h2-6,8-10H,7H2,1H3/b4-2+,5-3+,11-6+. The van der Waals surface area contributed by atoms with E-state index < -0.39 is 0 Å². The number of carbonyl (C=O) groups excluding carboxylic acids is 1. The first kappa shape index (κ1) is 11.2. The van der Waals surface area contributed by atoms with Gasteiger partial charge in [-0.15, -0.1) is 0 Å². The van der Waals surface area contributed by atoms with Crippen LogP contribution in [0.5, 0.6) is 0 Å². The molecule has 0 amide bonds. The molecule has 0 N–H and O–H groups in total. The predicted molar refractivity (Wildman–Crippen MR) is 58.3 cm³/mol. The van der Waals surface area contributed by atoms with E-state index in [4.69, 9.17) is 4.42 Å². The maximum Gasteiger partial charge on any atom is 0.180 e. The van der Waals surface area contributed by atoms with Crippen molar-refractivity contribution in [3.05, 3.63) is 54.3 Å². The molecule has 0 aliphatic carbocycles. The zero-order chi connectivity index (χ0) is 10.9. The molecule has 0 fully saturated rings. The van der Waals surface area contributed by atoms with Crippen molar-refractivity contribution >= 4 is 6.29 Å². The van der Waals surface area contributed by atoms with Gasteiger partial charge in [-0.1, -0.05) is 30.4 Å². The van der Waals surface area contributed by atoms with E-state index in [2.05, 4.69) is 4.98 Å². The summed E-state index contributed by atoms with van der Waals surface area (Å²) in [5.74, 6) is 0.833. The van der Waals surface area contributed by atoms with Crippen LogP contribution in [0.2, 0.25) is 0 Å². The zero-order valence-electron chi connectivity index (χ0n) is 8.59. The quantitative estimate of drug-likeness (QED) is 0.419. The van der Waals surface area contributed by atoms with Crippen LogP contribution in [-0.2, 0) is 11.2 Å². The Balaban J connectivity index is 2.31. The molecule has 0 saturated carbocycles. The Labute approximate surface area is 88.8 Å². The van der Waals surface area contributed by atoms with E-state index in [0.29, 0.717) is 5.57 Å². The van der Waals surface area contributed by atoms with Crippen LogP contribution in [0.4, 0.5) is 0 Å². The van der Waals surface area contributed by atoms with Gasteiger partial charge in [-0.3, -0.25) is 4.79 Å². The smallest absolute Gasteiger partial charge is 0.180 e. The van der Waals surface area contributed by atoms with Crippen LogP contribution in [0, 0.1) is 0 Å². The Hall–Kier alpha value is -1.90. The molecule has 0 unspecified atom stereocenters. The molecule has 0 aliphatic rings. The fraction of sp³-hybridized carbons (Fsp3) is 0.167. The second kappa shape index (κ2) is 6.54. The van der Waals surface area contributed by atoms with E-state index in [0.717, 1.165) is 18.5 Å². The van der Waals surface area contributed by atoms with Crippen molar-refractivity contribution in [3.8, 4) is 0 Å². The summed E-state index contributed by atoms with van der Waals surface area (Å²) in [7, 11) is 0. The zero-order valence-corrected chi connectivity index (χ0v) is 8.59. The fourth-order valence-corrected chi connectivity index (χ4v) is 0.916. The summed E-state index contributed by atoms with van der Waals surface area (Å²) < 4.78 is 5.05. The molecule has 0 spiro atoms. The van der Waals surface area contributed by atoms with E-state index in [1.54, 1.807) is 19.2 Å². The molecule has 15 heavy (non-hydrogen) atoms. The minimum absolute atomic E-state index is 0.704. The summed E-state index contributed by atoms with van der Waals surface area (Å²) in [6.07, 6.45) is 13.9. The Morgan fingerprint density at radius 3 is 3.00 bits per heavy atom. The van der Waals surface area contributed by atoms with Crippen LogP contribution in [-0.4, -0.2) is 11.3 Å². The van der Waals surface area contributed by atoms with Gasteiger partial charge in [0.2, 0.25) is 0 Å². The topological polar surface area (TPSA) is 43.1 Å². The number of oxazole rings is 1. The van der Waals surface area contributed by atoms with Crippen LogP contribution in [0.25, 0.3) is 0 Å². The van der Waals surface area contributed by atoms with Gasteiger partial charge in [0.1, 0.15) is 12.0 Å². The molecular weight excluding hydrogens is 190 g/mol. The second-order valence-electron chi connectivity index (χ2n) is 3.01. The average molecular weight is 203 g/mol. The largest absolute Gasteiger partial charge is 0.448 e. The summed E-state index contributed by atoms with van der Waals surface area (Å²) in [4.78, 5) is 14.0. The number of nitrogens with zero attached hydrogens (tertiary/aromatic N) is 1. The highest BCUT2D eigenvalue weighted by Gasteiger charge is 1.89. The lowest BCUT2D eigenvalue weighted by molar-refractivity contribution is -0.104. The molecule has 0 aliphatic heterocycles. The van der Waals surface area contributed by atoms with E-state index in [-0.39, 0.29) is 0 Å². The van der Waals surface area contributed by atoms with Crippen molar-refractivity contribution in [1.29, 1.82) is 0 Å². The van der Waals surface area contributed by atoms with Crippen molar-refractivity contribution in [2.24, 2.45) is 0 Å². The van der Waals surface area contributed by atoms with Crippen LogP contribution < -0.4 is 0 Å². The number of hydrogen-bond donors (Lipinski definition) is 0. The lowest BCUT2D eigenvalue weighted by Crippen LogP contribution is -1.73. The monoisotopic (exact) mass is 203 g/mol. The molecule has 0 aromatic carbocycles. The number of allylic oxidation sites excluding steroid dienone is 6. The molecule has 3 heteroatoms. The first-order valence-electron chi connectivity index (χ1n) is 4.65. The van der Waals surface area contributed by atoms with Gasteiger partial charge in [0.25, 0.3) is 0 Å². The van der Waals surface area contributed by atoms with Gasteiger partial charge in [0, 0.05) is 6.42 Å². The van der Waals surface area contributed by atoms with Crippen molar-refractivity contribution in [3.63, 3.8) is 0 Å². The van der Waals surface area contributed by atoms with Gasteiger partial charge in [-0.2, -0.15) is 0 Å². The summed E-state index contributed by atoms with van der Waals surface area (Å²) in [6.45, 7) is 1.76. The van der Waals surface area contributed by atoms with Gasteiger partial charge in [0.15, 0.2) is 6.39 Å². The molecule has 1 heterocycles. The normalized spacial score (nSPS) is 12.7. The molecule has 1 aromatic heterocycles. The lowest BCUT2D eigenvalue weighted by Gasteiger charge is -1.83. The Morgan fingerprint density at radius 1 is 1.47 bits per heavy atom. The molecule has 0 saturated heterocycles. The maximum atomic E-state index is 10.2. The maximum absolute atomic E-state index is 10.2. The van der Waals surface area contributed by atoms with Crippen LogP contribution in [0.15, 0.2) is 53.0 Å². The Bertz CT molecular complexity index is 372. The summed E-state index contributed by atoms with van der Waals surface area (Å²) >= 11 is 0. The third-order valence-corrected chi connectivity index (χ3v) is 1.71. The molecule has 0 atom stereocenters. The Morgan fingerprint density at radius 2 is 2.33 bits per heavy atom. The average Bonchev–Trinajstić information content (AvgIpc) is 2.75. The Kier molecular flexibility index (Phi) is 4.87. The number of hydrogen-bond acceptors (Lipinski definition) is 3. The number of carbonyl (C=O) groups is 1. The van der Waals surface area contributed by atoms with Crippen molar-refractivity contribution in [2.45, 2.75) is 13.3 Å². The molecule has 78 valence electrons. The van der Waals surface area contributed by atoms with E-state index in [9.17, 15) is 4.79 Å². The highest BCUT2D eigenvalue weighted by Crippen LogP contribution is 1.98. The first-order valence-corrected chi connectivity index (χ1v) is 4.65. The van der Waals surface area contributed by atoms with Crippen LogP contribution in [0.1, 0.15) is 12.7 Å². The molecule has 1 rings (SSSR count). The lowest BCUT2D eigenvalue weighted by atomic mass is 10.3. The van der Waals surface area contributed by atoms with Gasteiger partial charge in [0.05, 0.1) is 6.20 Å². The van der Waals surface area contributed by atoms with Crippen molar-refractivity contribution < 1.29 is 9.21 Å². The van der Waals surface area contributed by atoms with Gasteiger partial charge in [-0.25, -0.2) is 4.98 Å². The predicted octanol–water partition coefficient (Wildman–Crippen LogP) is 2.47. The van der Waals surface area contributed by atoms with E-state index in [1.165, 1.54) is 6.39 Å². The summed E-state index contributed by atoms with van der Waals surface area (Å²) in [5.41, 5.74) is 0.704. The van der Waals surface area contributed by atoms with Gasteiger partial charge in [-0.05, 0) is 12.5 Å². The number of aromatic nitrogens is 1. The fourth-order valence-electron chi connectivity index (χ4n) is 0.916. The molecule has 0 radical (unpaired) electrons. The molecular formula is C12H13NO2. The van der Waals surface area contributed by atoms with Crippen LogP contribution in [0.3, 0.4) is 0 Å². The van der Waals surface area contributed by atoms with Gasteiger partial charge < -0.3 is 4.42 Å². The third kappa shape index (κ3) is 4.76. The second-order valence-corrected chi connectivity index (χ2v) is 3.01. The number of rotatable bonds is 5. The molecule has 3 nitrogen and oxygen atoms in total. The van der Waals surface area contributed by atoms with E-state index >= 15 is 0 Å². The SMILES string of the molecule is C\C(C=O)=C/C=C/C=C/Cc1cnco1. The molecule has 0 bridgehead atoms. The first-order chi connectivity index (χ1) is 7.33. The van der Waals surface area contributed by atoms with Crippen molar-refractivity contribution in [1.82, 2.24) is 4.98 Å². The van der Waals surface area contributed by atoms with Gasteiger partial charge >= 0.3 is 0 Å². The minimum atomic E-state index is 0.704. The van der Waals surface area contributed by atoms with Crippen molar-refractivity contribution in [2.75, 3.05) is 0 Å². The number of aldehydes is 1. The highest BCUT2D eigenvalue weighted by atomic mass is 16.3. The third-order valence-electron chi connectivity index (χ3n) is 1.71. The minimum Gasteiger partial charge on any atom is -0.448 e. The highest BCUT2D eigenvalue weighted by molar-refractivity contribution is 5.72. The molecule has 1 aromatic rings. The van der Waals surface area contributed by atoms with E-state index in [1.807, 2.05) is 24.3 Å². The summed E-state index contributed by atoms with van der Waals surface area (Å²) in [6, 6.07) is 0. The van der Waals surface area contributed by atoms with Crippen LogP contribution >= 0.6 is 0 Å².